The fraction of sp³-hybridized carbons (Fsp3) is 0.929. The van der Waals surface area contributed by atoms with Crippen LogP contribution in [0.15, 0.2) is 0 Å². The van der Waals surface area contributed by atoms with E-state index in [1.165, 1.54) is 12.8 Å². The maximum Gasteiger partial charge on any atom is 0.320 e. The Bertz CT molecular complexity index is 273. The average Bonchev–Trinajstić information content (AvgIpc) is 2.12. The second kappa shape index (κ2) is 6.53. The lowest BCUT2D eigenvalue weighted by molar-refractivity contribution is -0.156. The summed E-state index contributed by atoms with van der Waals surface area (Å²) in [6.45, 7) is 10.0. The summed E-state index contributed by atoms with van der Waals surface area (Å²) in [6, 6.07) is 0.192. The highest BCUT2D eigenvalue weighted by atomic mass is 16.6. The quantitative estimate of drug-likeness (QED) is 0.779. The molecule has 0 aromatic rings. The molecule has 0 amide bonds. The van der Waals surface area contributed by atoms with Crippen molar-refractivity contribution in [3.63, 3.8) is 0 Å². The van der Waals surface area contributed by atoms with Crippen LogP contribution in [0.4, 0.5) is 0 Å². The Morgan fingerprint density at radius 3 is 2.61 bits per heavy atom. The van der Waals surface area contributed by atoms with E-state index >= 15 is 0 Å². The minimum Gasteiger partial charge on any atom is -0.459 e. The Morgan fingerprint density at radius 1 is 1.39 bits per heavy atom. The van der Waals surface area contributed by atoms with Crippen molar-refractivity contribution in [3.05, 3.63) is 0 Å². The van der Waals surface area contributed by atoms with E-state index in [0.29, 0.717) is 12.5 Å². The van der Waals surface area contributed by atoms with Gasteiger partial charge in [-0.25, -0.2) is 0 Å². The van der Waals surface area contributed by atoms with Crippen molar-refractivity contribution in [2.24, 2.45) is 11.7 Å². The molecule has 4 heteroatoms. The van der Waals surface area contributed by atoms with Crippen LogP contribution in [0.1, 0.15) is 47.0 Å². The summed E-state index contributed by atoms with van der Waals surface area (Å²) in [7, 11) is 0. The third kappa shape index (κ3) is 5.83. The smallest absolute Gasteiger partial charge is 0.320 e. The van der Waals surface area contributed by atoms with Gasteiger partial charge in [-0.05, 0) is 39.5 Å². The van der Waals surface area contributed by atoms with Gasteiger partial charge in [0, 0.05) is 19.1 Å². The number of esters is 1. The van der Waals surface area contributed by atoms with Gasteiger partial charge in [-0.3, -0.25) is 9.69 Å². The Kier molecular flexibility index (Phi) is 5.60. The Balaban J connectivity index is 2.43. The topological polar surface area (TPSA) is 55.6 Å². The Labute approximate surface area is 111 Å². The molecule has 2 atom stereocenters. The van der Waals surface area contributed by atoms with Crippen LogP contribution in [0, 0.1) is 5.92 Å². The van der Waals surface area contributed by atoms with Crippen molar-refractivity contribution in [2.45, 2.75) is 58.6 Å². The number of piperidine rings is 1. The molecule has 2 unspecified atom stereocenters. The number of hydrogen-bond donors (Lipinski definition) is 1. The molecule has 0 aromatic heterocycles. The molecule has 1 saturated heterocycles. The first kappa shape index (κ1) is 15.4. The predicted molar refractivity (Wildman–Crippen MR) is 73.3 cm³/mol. The average molecular weight is 256 g/mol. The summed E-state index contributed by atoms with van der Waals surface area (Å²) in [4.78, 5) is 13.9. The molecule has 18 heavy (non-hydrogen) atoms. The van der Waals surface area contributed by atoms with Gasteiger partial charge in [0.1, 0.15) is 5.60 Å². The highest BCUT2D eigenvalue weighted by molar-refractivity contribution is 5.72. The second-order valence-electron chi connectivity index (χ2n) is 6.43. The van der Waals surface area contributed by atoms with Gasteiger partial charge in [-0.2, -0.15) is 0 Å². The van der Waals surface area contributed by atoms with Crippen molar-refractivity contribution < 1.29 is 9.53 Å². The number of likely N-dealkylation sites (tertiary alicyclic amines) is 1. The minimum absolute atomic E-state index is 0.146. The first-order valence-corrected chi connectivity index (χ1v) is 7.00. The molecule has 0 radical (unpaired) electrons. The zero-order valence-electron chi connectivity index (χ0n) is 12.2. The zero-order valence-corrected chi connectivity index (χ0v) is 12.2. The van der Waals surface area contributed by atoms with Gasteiger partial charge < -0.3 is 10.5 Å². The van der Waals surface area contributed by atoms with Crippen LogP contribution in [0.25, 0.3) is 0 Å². The van der Waals surface area contributed by atoms with Crippen LogP contribution in [-0.4, -0.2) is 42.1 Å². The normalized spacial score (nSPS) is 26.1. The number of carbonyl (C=O) groups excluding carboxylic acids is 1. The van der Waals surface area contributed by atoms with Gasteiger partial charge in [-0.1, -0.05) is 13.3 Å². The van der Waals surface area contributed by atoms with Gasteiger partial charge in [0.25, 0.3) is 0 Å². The van der Waals surface area contributed by atoms with E-state index in [0.717, 1.165) is 19.5 Å². The standard InChI is InChI=1S/C14H28N2O2/c1-5-6-11-7-12(15)9-16(8-11)10-13(17)18-14(2,3)4/h11-12H,5-10,15H2,1-4H3. The molecule has 2 N–H and O–H groups in total. The van der Waals surface area contributed by atoms with E-state index in [-0.39, 0.29) is 12.0 Å². The highest BCUT2D eigenvalue weighted by Gasteiger charge is 2.27. The van der Waals surface area contributed by atoms with Crippen LogP contribution >= 0.6 is 0 Å². The third-order valence-corrected chi connectivity index (χ3v) is 3.11. The lowest BCUT2D eigenvalue weighted by atomic mass is 9.91. The number of nitrogens with zero attached hydrogens (tertiary/aromatic N) is 1. The second-order valence-corrected chi connectivity index (χ2v) is 6.43. The first-order chi connectivity index (χ1) is 8.30. The summed E-state index contributed by atoms with van der Waals surface area (Å²) >= 11 is 0. The predicted octanol–water partition coefficient (Wildman–Crippen LogP) is 1.78. The van der Waals surface area contributed by atoms with E-state index in [2.05, 4.69) is 11.8 Å². The Morgan fingerprint density at radius 2 is 2.06 bits per heavy atom. The highest BCUT2D eigenvalue weighted by Crippen LogP contribution is 2.20. The van der Waals surface area contributed by atoms with Gasteiger partial charge >= 0.3 is 5.97 Å². The maximum atomic E-state index is 11.8. The minimum atomic E-state index is -0.405. The van der Waals surface area contributed by atoms with Crippen molar-refractivity contribution >= 4 is 5.97 Å². The molecule has 1 fully saturated rings. The van der Waals surface area contributed by atoms with Crippen molar-refractivity contribution in [2.75, 3.05) is 19.6 Å². The fourth-order valence-corrected chi connectivity index (χ4v) is 2.65. The van der Waals surface area contributed by atoms with Crippen molar-refractivity contribution in [1.82, 2.24) is 4.90 Å². The van der Waals surface area contributed by atoms with Gasteiger partial charge in [0.2, 0.25) is 0 Å². The van der Waals surface area contributed by atoms with Gasteiger partial charge in [-0.15, -0.1) is 0 Å². The molecule has 0 saturated carbocycles. The van der Waals surface area contributed by atoms with Crippen LogP contribution in [0.2, 0.25) is 0 Å². The van der Waals surface area contributed by atoms with E-state index < -0.39 is 5.60 Å². The summed E-state index contributed by atoms with van der Waals surface area (Å²) in [5.41, 5.74) is 5.65. The molecule has 0 bridgehead atoms. The molecule has 0 aromatic carbocycles. The van der Waals surface area contributed by atoms with Crippen molar-refractivity contribution in [3.8, 4) is 0 Å². The number of ether oxygens (including phenoxy) is 1. The zero-order chi connectivity index (χ0) is 13.8. The number of hydrogen-bond acceptors (Lipinski definition) is 4. The van der Waals surface area contributed by atoms with E-state index in [1.807, 2.05) is 20.8 Å². The molecule has 1 aliphatic heterocycles. The fourth-order valence-electron chi connectivity index (χ4n) is 2.65. The summed E-state index contributed by atoms with van der Waals surface area (Å²) in [6.07, 6.45) is 3.45. The van der Waals surface area contributed by atoms with Crippen LogP contribution < -0.4 is 5.73 Å². The largest absolute Gasteiger partial charge is 0.459 e. The summed E-state index contributed by atoms with van der Waals surface area (Å²) in [5, 5.41) is 0. The van der Waals surface area contributed by atoms with E-state index in [1.54, 1.807) is 0 Å². The number of nitrogens with two attached hydrogens (primary N) is 1. The summed E-state index contributed by atoms with van der Waals surface area (Å²) < 4.78 is 5.35. The lowest BCUT2D eigenvalue weighted by Gasteiger charge is -2.36. The van der Waals surface area contributed by atoms with Crippen LogP contribution in [0.5, 0.6) is 0 Å². The molecule has 0 aliphatic carbocycles. The maximum absolute atomic E-state index is 11.8. The third-order valence-electron chi connectivity index (χ3n) is 3.11. The molecule has 1 aliphatic rings. The van der Waals surface area contributed by atoms with Crippen molar-refractivity contribution in [1.29, 1.82) is 0 Å². The molecular formula is C14H28N2O2. The molecule has 1 rings (SSSR count). The van der Waals surface area contributed by atoms with E-state index in [9.17, 15) is 4.79 Å². The molecule has 4 nitrogen and oxygen atoms in total. The molecule has 0 spiro atoms. The monoisotopic (exact) mass is 256 g/mol. The first-order valence-electron chi connectivity index (χ1n) is 7.00. The summed E-state index contributed by atoms with van der Waals surface area (Å²) in [5.74, 6) is 0.480. The van der Waals surface area contributed by atoms with Crippen LogP contribution in [0.3, 0.4) is 0 Å². The molecule has 1 heterocycles. The van der Waals surface area contributed by atoms with E-state index in [4.69, 9.17) is 10.5 Å². The number of carbonyl (C=O) groups is 1. The SMILES string of the molecule is CCCC1CC(N)CN(CC(=O)OC(C)(C)C)C1. The van der Waals surface area contributed by atoms with Crippen LogP contribution in [-0.2, 0) is 9.53 Å². The lowest BCUT2D eigenvalue weighted by Crippen LogP contribution is -2.49. The van der Waals surface area contributed by atoms with Gasteiger partial charge in [0.05, 0.1) is 6.54 Å². The number of rotatable bonds is 4. The van der Waals surface area contributed by atoms with Gasteiger partial charge in [0.15, 0.2) is 0 Å². The molecule has 106 valence electrons. The Hall–Kier alpha value is -0.610. The molecular weight excluding hydrogens is 228 g/mol.